The van der Waals surface area contributed by atoms with Crippen molar-refractivity contribution in [1.29, 1.82) is 0 Å². The summed E-state index contributed by atoms with van der Waals surface area (Å²) in [5, 5.41) is 12.6. The third kappa shape index (κ3) is 5.09. The summed E-state index contributed by atoms with van der Waals surface area (Å²) in [6, 6.07) is 0. The minimum absolute atomic E-state index is 0.0627. The van der Waals surface area contributed by atoms with E-state index in [1.54, 1.807) is 20.8 Å². The van der Waals surface area contributed by atoms with Crippen molar-refractivity contribution in [3.8, 4) is 0 Å². The molecule has 1 atom stereocenters. The van der Waals surface area contributed by atoms with Crippen molar-refractivity contribution >= 4 is 11.9 Å². The molecule has 1 aromatic rings. The molecule has 0 fully saturated rings. The van der Waals surface area contributed by atoms with Crippen LogP contribution in [0.2, 0.25) is 0 Å². The normalized spacial score (nSPS) is 13.1. The van der Waals surface area contributed by atoms with Crippen LogP contribution in [0.4, 0.5) is 0 Å². The minimum atomic E-state index is -1.06. The number of carboxylic acid groups (broad SMARTS) is 1. The summed E-state index contributed by atoms with van der Waals surface area (Å²) in [6.07, 6.45) is 2.48. The number of ether oxygens (including phenoxy) is 1. The van der Waals surface area contributed by atoms with Gasteiger partial charge in [-0.25, -0.2) is 4.79 Å². The lowest BCUT2D eigenvalue weighted by Crippen LogP contribution is -2.26. The number of nitrogens with zero attached hydrogens (tertiary/aromatic N) is 2. The topological polar surface area (TPSA) is 107 Å². The molecule has 106 valence electrons. The predicted octanol–water partition coefficient (Wildman–Crippen LogP) is 1.16. The van der Waals surface area contributed by atoms with Crippen molar-refractivity contribution < 1.29 is 19.4 Å². The lowest BCUT2D eigenvalue weighted by atomic mass is 10.2. The van der Waals surface area contributed by atoms with Gasteiger partial charge < -0.3 is 15.6 Å². The number of aromatic nitrogens is 2. The first-order valence-corrected chi connectivity index (χ1v) is 5.94. The Bertz CT molecular complexity index is 462. The molecule has 1 rings (SSSR count). The molecule has 0 aliphatic rings. The quantitative estimate of drug-likeness (QED) is 0.777. The van der Waals surface area contributed by atoms with Gasteiger partial charge in [0.25, 0.3) is 0 Å². The van der Waals surface area contributed by atoms with E-state index < -0.39 is 17.7 Å². The maximum absolute atomic E-state index is 11.5. The van der Waals surface area contributed by atoms with Crippen molar-refractivity contribution in [2.45, 2.75) is 45.4 Å². The van der Waals surface area contributed by atoms with Gasteiger partial charge in [0.05, 0.1) is 17.9 Å². The molecule has 0 bridgehead atoms. The molecule has 19 heavy (non-hydrogen) atoms. The molecular weight excluding hydrogens is 250 g/mol. The number of rotatable bonds is 5. The molecule has 3 N–H and O–H groups in total. The summed E-state index contributed by atoms with van der Waals surface area (Å²) in [7, 11) is 0. The highest BCUT2D eigenvalue weighted by molar-refractivity contribution is 5.86. The fourth-order valence-electron chi connectivity index (χ4n) is 1.42. The third-order valence-electron chi connectivity index (χ3n) is 2.25. The Morgan fingerprint density at radius 2 is 2.16 bits per heavy atom. The number of nitrogens with two attached hydrogens (primary N) is 1. The fraction of sp³-hybridized carbons (Fsp3) is 0.583. The molecule has 0 aliphatic carbocycles. The smallest absolute Gasteiger partial charge is 0.338 e. The summed E-state index contributed by atoms with van der Waals surface area (Å²) < 4.78 is 6.48. The number of hydrogen-bond donors (Lipinski definition) is 2. The van der Waals surface area contributed by atoms with Crippen molar-refractivity contribution in [3.05, 3.63) is 18.0 Å². The standard InChI is InChI=1S/C12H19N3O4/c1-12(2,3)19-10(16)5-4-9(13)15-7-8(6-14-15)11(17)18/h6-7,9H,4-5,13H2,1-3H3,(H,17,18). The van der Waals surface area contributed by atoms with Crippen molar-refractivity contribution in [3.63, 3.8) is 0 Å². The number of carboxylic acids is 1. The van der Waals surface area contributed by atoms with Crippen molar-refractivity contribution in [1.82, 2.24) is 9.78 Å². The molecule has 0 saturated carbocycles. The number of esters is 1. The van der Waals surface area contributed by atoms with Gasteiger partial charge in [0.15, 0.2) is 0 Å². The zero-order valence-corrected chi connectivity index (χ0v) is 11.3. The number of carbonyl (C=O) groups is 2. The first-order chi connectivity index (χ1) is 8.69. The van der Waals surface area contributed by atoms with Crippen LogP contribution >= 0.6 is 0 Å². The maximum Gasteiger partial charge on any atom is 0.338 e. The van der Waals surface area contributed by atoms with Gasteiger partial charge >= 0.3 is 11.9 Å². The van der Waals surface area contributed by atoms with E-state index in [0.29, 0.717) is 6.42 Å². The zero-order chi connectivity index (χ0) is 14.6. The van der Waals surface area contributed by atoms with E-state index in [1.165, 1.54) is 17.1 Å². The van der Waals surface area contributed by atoms with Crippen LogP contribution in [0.3, 0.4) is 0 Å². The maximum atomic E-state index is 11.5. The Kier molecular flexibility index (Phi) is 4.66. The van der Waals surface area contributed by atoms with Crippen molar-refractivity contribution in [2.75, 3.05) is 0 Å². The highest BCUT2D eigenvalue weighted by atomic mass is 16.6. The summed E-state index contributed by atoms with van der Waals surface area (Å²) in [5.41, 5.74) is 5.36. The van der Waals surface area contributed by atoms with Gasteiger partial charge in [-0.2, -0.15) is 5.10 Å². The van der Waals surface area contributed by atoms with E-state index in [4.69, 9.17) is 15.6 Å². The van der Waals surface area contributed by atoms with Crippen LogP contribution in [0.15, 0.2) is 12.4 Å². The molecule has 0 aromatic carbocycles. The summed E-state index contributed by atoms with van der Waals surface area (Å²) in [6.45, 7) is 5.37. The summed E-state index contributed by atoms with van der Waals surface area (Å²) >= 11 is 0. The predicted molar refractivity (Wildman–Crippen MR) is 67.5 cm³/mol. The van der Waals surface area contributed by atoms with E-state index in [9.17, 15) is 9.59 Å². The van der Waals surface area contributed by atoms with Gasteiger partial charge in [-0.15, -0.1) is 0 Å². The molecule has 1 heterocycles. The number of hydrogen-bond acceptors (Lipinski definition) is 5. The van der Waals surface area contributed by atoms with Crippen LogP contribution in [-0.4, -0.2) is 32.4 Å². The van der Waals surface area contributed by atoms with E-state index in [-0.39, 0.29) is 18.0 Å². The average molecular weight is 269 g/mol. The Morgan fingerprint density at radius 3 is 2.63 bits per heavy atom. The Balaban J connectivity index is 2.48. The van der Waals surface area contributed by atoms with Crippen LogP contribution in [-0.2, 0) is 9.53 Å². The first kappa shape index (κ1) is 15.2. The molecule has 7 heteroatoms. The number of carbonyl (C=O) groups excluding carboxylic acids is 1. The second-order valence-corrected chi connectivity index (χ2v) is 5.21. The van der Waals surface area contributed by atoms with Gasteiger partial charge in [-0.1, -0.05) is 0 Å². The molecule has 0 saturated heterocycles. The van der Waals surface area contributed by atoms with Crippen LogP contribution in [0.1, 0.15) is 50.1 Å². The first-order valence-electron chi connectivity index (χ1n) is 5.94. The largest absolute Gasteiger partial charge is 0.478 e. The van der Waals surface area contributed by atoms with Crippen LogP contribution < -0.4 is 5.73 Å². The highest BCUT2D eigenvalue weighted by Gasteiger charge is 2.18. The SMILES string of the molecule is CC(C)(C)OC(=O)CCC(N)n1cc(C(=O)O)cn1. The van der Waals surface area contributed by atoms with Gasteiger partial charge in [-0.3, -0.25) is 9.48 Å². The average Bonchev–Trinajstić information content (AvgIpc) is 2.72. The Labute approximate surface area is 111 Å². The Morgan fingerprint density at radius 1 is 1.53 bits per heavy atom. The van der Waals surface area contributed by atoms with Gasteiger partial charge in [0, 0.05) is 12.6 Å². The van der Waals surface area contributed by atoms with E-state index in [0.717, 1.165) is 0 Å². The van der Waals surface area contributed by atoms with E-state index in [2.05, 4.69) is 5.10 Å². The minimum Gasteiger partial charge on any atom is -0.478 e. The van der Waals surface area contributed by atoms with E-state index in [1.807, 2.05) is 0 Å². The molecular formula is C12H19N3O4. The van der Waals surface area contributed by atoms with Gasteiger partial charge in [0.1, 0.15) is 5.60 Å². The lowest BCUT2D eigenvalue weighted by Gasteiger charge is -2.20. The second kappa shape index (κ2) is 5.83. The number of aromatic carboxylic acids is 1. The molecule has 7 nitrogen and oxygen atoms in total. The molecule has 0 radical (unpaired) electrons. The van der Waals surface area contributed by atoms with Crippen LogP contribution in [0, 0.1) is 0 Å². The highest BCUT2D eigenvalue weighted by Crippen LogP contribution is 2.13. The molecule has 0 spiro atoms. The summed E-state index contributed by atoms with van der Waals surface area (Å²) in [5.74, 6) is -1.40. The second-order valence-electron chi connectivity index (χ2n) is 5.21. The molecule has 1 aromatic heterocycles. The zero-order valence-electron chi connectivity index (χ0n) is 11.3. The molecule has 0 aliphatic heterocycles. The van der Waals surface area contributed by atoms with Gasteiger partial charge in [-0.05, 0) is 27.2 Å². The van der Waals surface area contributed by atoms with E-state index >= 15 is 0 Å². The van der Waals surface area contributed by atoms with Crippen LogP contribution in [0.5, 0.6) is 0 Å². The molecule has 1 unspecified atom stereocenters. The lowest BCUT2D eigenvalue weighted by molar-refractivity contribution is -0.155. The molecule has 0 amide bonds. The fourth-order valence-corrected chi connectivity index (χ4v) is 1.42. The summed E-state index contributed by atoms with van der Waals surface area (Å²) in [4.78, 5) is 22.2. The van der Waals surface area contributed by atoms with Gasteiger partial charge in [0.2, 0.25) is 0 Å². The van der Waals surface area contributed by atoms with Crippen molar-refractivity contribution in [2.24, 2.45) is 5.73 Å². The van der Waals surface area contributed by atoms with Crippen LogP contribution in [0.25, 0.3) is 0 Å². The Hall–Kier alpha value is -1.89. The third-order valence-corrected chi connectivity index (χ3v) is 2.25. The monoisotopic (exact) mass is 269 g/mol.